The molecular formula is C38H71O8Si4. The number of carbonyl (C=O) groups excluding carboxylic acids is 1. The zero-order valence-electron chi connectivity index (χ0n) is 35.4. The molecule has 0 aromatic heterocycles. The van der Waals surface area contributed by atoms with Crippen LogP contribution in [-0.4, -0.2) is 79.2 Å². The summed E-state index contributed by atoms with van der Waals surface area (Å²) in [4.78, 5) is 13.8. The van der Waals surface area contributed by atoms with Gasteiger partial charge in [0.25, 0.3) is 0 Å². The lowest BCUT2D eigenvalue weighted by atomic mass is 9.79. The smallest absolute Gasteiger partial charge is 0.337 e. The van der Waals surface area contributed by atoms with Gasteiger partial charge in [0.05, 0.1) is 13.7 Å². The van der Waals surface area contributed by atoms with Gasteiger partial charge in [0.1, 0.15) is 24.1 Å². The van der Waals surface area contributed by atoms with Gasteiger partial charge in [-0.3, -0.25) is 0 Å². The van der Waals surface area contributed by atoms with Gasteiger partial charge in [0.15, 0.2) is 31.1 Å². The van der Waals surface area contributed by atoms with Gasteiger partial charge in [-0.1, -0.05) is 83.1 Å². The second-order valence-electron chi connectivity index (χ2n) is 19.8. The van der Waals surface area contributed by atoms with Crippen molar-refractivity contribution in [1.82, 2.24) is 0 Å². The Balaban J connectivity index is 3.02. The Kier molecular flexibility index (Phi) is 14.0. The van der Waals surface area contributed by atoms with Crippen LogP contribution in [0.5, 0.6) is 5.75 Å². The van der Waals surface area contributed by atoms with E-state index >= 15 is 0 Å². The van der Waals surface area contributed by atoms with Crippen LogP contribution in [0, 0.1) is 13.8 Å². The van der Waals surface area contributed by atoms with Crippen molar-refractivity contribution in [3.05, 3.63) is 28.3 Å². The molecule has 1 heterocycles. The van der Waals surface area contributed by atoms with Crippen LogP contribution in [0.4, 0.5) is 0 Å². The van der Waals surface area contributed by atoms with Gasteiger partial charge in [0.2, 0.25) is 16.8 Å². The van der Waals surface area contributed by atoms with Crippen LogP contribution in [0.3, 0.4) is 0 Å². The van der Waals surface area contributed by atoms with Crippen molar-refractivity contribution in [1.29, 1.82) is 0 Å². The van der Waals surface area contributed by atoms with E-state index in [1.165, 1.54) is 12.7 Å². The van der Waals surface area contributed by atoms with E-state index in [2.05, 4.69) is 153 Å². The summed E-state index contributed by atoms with van der Waals surface area (Å²) < 4.78 is 46.7. The van der Waals surface area contributed by atoms with E-state index in [9.17, 15) is 4.79 Å². The molecule has 0 unspecified atom stereocenters. The number of benzene rings is 1. The Morgan fingerprint density at radius 1 is 0.740 bits per heavy atom. The lowest BCUT2D eigenvalue weighted by Crippen LogP contribution is -2.69. The molecule has 0 aliphatic carbocycles. The molecule has 0 bridgehead atoms. The van der Waals surface area contributed by atoms with Crippen LogP contribution in [0.2, 0.25) is 54.4 Å². The first-order valence-corrected chi connectivity index (χ1v) is 27.2. The maximum atomic E-state index is 13.8. The molecule has 8 nitrogen and oxygen atoms in total. The molecule has 287 valence electrons. The Labute approximate surface area is 312 Å². The molecule has 0 saturated carbocycles. The molecule has 1 aromatic rings. The third-order valence-corrected chi connectivity index (χ3v) is 25.3. The Hall–Kier alpha value is -0.842. The van der Waals surface area contributed by atoms with Gasteiger partial charge < -0.3 is 31.9 Å². The van der Waals surface area contributed by atoms with Crippen LogP contribution < -0.4 is 4.74 Å². The van der Waals surface area contributed by atoms with Gasteiger partial charge in [-0.15, -0.1) is 0 Å². The predicted octanol–water partition coefficient (Wildman–Crippen LogP) is 9.65. The molecule has 0 N–H and O–H groups in total. The first-order chi connectivity index (χ1) is 22.2. The number of methoxy groups -OCH3 is 1. The second kappa shape index (κ2) is 15.5. The van der Waals surface area contributed by atoms with E-state index in [1.54, 1.807) is 0 Å². The maximum absolute atomic E-state index is 13.8. The number of rotatable bonds is 11. The minimum absolute atomic E-state index is 0.102. The minimum Gasteiger partial charge on any atom is -0.467 e. The fraction of sp³-hybridized carbons (Fsp3) is 0.816. The Bertz CT molecular complexity index is 1330. The lowest BCUT2D eigenvalue weighted by Gasteiger charge is -2.53. The predicted molar refractivity (Wildman–Crippen MR) is 213 cm³/mol. The molecule has 12 heteroatoms. The Morgan fingerprint density at radius 3 is 1.54 bits per heavy atom. The van der Waals surface area contributed by atoms with Crippen molar-refractivity contribution >= 4 is 41.4 Å². The fourth-order valence-corrected chi connectivity index (χ4v) is 9.79. The number of hydrogen-bond donors (Lipinski definition) is 0. The first-order valence-electron chi connectivity index (χ1n) is 18.1. The van der Waals surface area contributed by atoms with Gasteiger partial charge >= 0.3 is 5.97 Å². The largest absolute Gasteiger partial charge is 0.467 e. The molecule has 0 spiro atoms. The average molecular weight is 768 g/mol. The SMILES string of the molecule is COC(=O)[C@H]1O[C@@H](Oc2cc(C)c(C(C)(C)C)c(C)c2CO[Si])[C@H](O[Si](C)(C)C(C)(C)C)[C@@H](O[Si](C)(C)C(C)(C)C)[C@H]1O[Si](C)(C)C(C)(C)C. The van der Waals surface area contributed by atoms with Crippen LogP contribution >= 0.6 is 0 Å². The molecule has 1 aromatic carbocycles. The molecule has 1 aliphatic rings. The standard InChI is InChI=1S/C38H71O8Si4/c1-24-22-27(26(23-41-47)25(2)28(24)35(3,4)5)42-34-32(46-50(20,21)38(12,13)14)30(45-49(18,19)37(9,10)11)29(31(43-34)33(39)40-15)44-48(16,17)36(6,7)8/h22,29-32,34H,23H2,1-21H3/t29-,30+,31+,32-,34-/m1/s1. The third-order valence-electron chi connectivity index (χ3n) is 11.7. The van der Waals surface area contributed by atoms with Gasteiger partial charge in [-0.05, 0) is 96.4 Å². The zero-order chi connectivity index (χ0) is 39.2. The molecule has 3 radical (unpaired) electrons. The summed E-state index contributed by atoms with van der Waals surface area (Å²) in [5.74, 6) is 0.0783. The first kappa shape index (κ1) is 45.3. The second-order valence-corrected chi connectivity index (χ2v) is 34.4. The van der Waals surface area contributed by atoms with E-state index in [1.807, 2.05) is 0 Å². The van der Waals surface area contributed by atoms with E-state index in [0.29, 0.717) is 5.75 Å². The highest BCUT2D eigenvalue weighted by Gasteiger charge is 2.59. The van der Waals surface area contributed by atoms with Crippen LogP contribution in [0.15, 0.2) is 6.07 Å². The summed E-state index contributed by atoms with van der Waals surface area (Å²) in [6.45, 7) is 44.2. The number of hydrogen-bond acceptors (Lipinski definition) is 8. The molecule has 0 amide bonds. The molecule has 1 fully saturated rings. The molecule has 5 atom stereocenters. The van der Waals surface area contributed by atoms with Gasteiger partial charge in [0, 0.05) is 5.56 Å². The van der Waals surface area contributed by atoms with E-state index in [4.69, 9.17) is 31.9 Å². The molecule has 2 rings (SSSR count). The lowest BCUT2D eigenvalue weighted by molar-refractivity contribution is -0.263. The summed E-state index contributed by atoms with van der Waals surface area (Å²) in [6.07, 6.45) is -4.33. The highest BCUT2D eigenvalue weighted by molar-refractivity contribution is 6.75. The van der Waals surface area contributed by atoms with E-state index in [-0.39, 0.29) is 27.1 Å². The highest BCUT2D eigenvalue weighted by atomic mass is 28.4. The van der Waals surface area contributed by atoms with Gasteiger partial charge in [-0.25, -0.2) is 4.79 Å². The van der Waals surface area contributed by atoms with E-state index in [0.717, 1.165) is 16.7 Å². The zero-order valence-corrected chi connectivity index (χ0v) is 39.4. The van der Waals surface area contributed by atoms with Crippen LogP contribution in [0.25, 0.3) is 0 Å². The van der Waals surface area contributed by atoms with Crippen LogP contribution in [-0.2, 0) is 44.0 Å². The third kappa shape index (κ3) is 10.0. The number of aryl methyl sites for hydroxylation is 1. The number of carbonyl (C=O) groups is 1. The Morgan fingerprint density at radius 2 is 1.16 bits per heavy atom. The fourth-order valence-electron chi connectivity index (χ4n) is 5.77. The van der Waals surface area contributed by atoms with Crippen molar-refractivity contribution in [2.45, 2.75) is 194 Å². The normalized spacial score (nSPS) is 23.2. The van der Waals surface area contributed by atoms with Crippen molar-refractivity contribution in [3.63, 3.8) is 0 Å². The van der Waals surface area contributed by atoms with Crippen molar-refractivity contribution in [2.75, 3.05) is 7.11 Å². The monoisotopic (exact) mass is 767 g/mol. The van der Waals surface area contributed by atoms with Crippen LogP contribution in [0.1, 0.15) is 105 Å². The highest BCUT2D eigenvalue weighted by Crippen LogP contribution is 2.47. The quantitative estimate of drug-likeness (QED) is 0.163. The van der Waals surface area contributed by atoms with Gasteiger partial charge in [-0.2, -0.15) is 0 Å². The molecular weight excluding hydrogens is 697 g/mol. The average Bonchev–Trinajstić information content (AvgIpc) is 2.90. The van der Waals surface area contributed by atoms with Crippen molar-refractivity contribution in [2.24, 2.45) is 0 Å². The summed E-state index contributed by atoms with van der Waals surface area (Å²) in [7, 11) is -2.85. The number of esters is 1. The van der Waals surface area contributed by atoms with Crippen molar-refractivity contribution < 1.29 is 36.7 Å². The summed E-state index contributed by atoms with van der Waals surface area (Å²) in [5.41, 5.74) is 4.20. The maximum Gasteiger partial charge on any atom is 0.337 e. The minimum atomic E-state index is -2.50. The molecule has 1 saturated heterocycles. The number of ether oxygens (including phenoxy) is 3. The van der Waals surface area contributed by atoms with E-state index < -0.39 is 61.6 Å². The summed E-state index contributed by atoms with van der Waals surface area (Å²) >= 11 is 0. The summed E-state index contributed by atoms with van der Waals surface area (Å²) in [5, 5.41) is -0.417. The molecule has 50 heavy (non-hydrogen) atoms. The molecule has 1 aliphatic heterocycles. The van der Waals surface area contributed by atoms with Crippen molar-refractivity contribution in [3.8, 4) is 5.75 Å². The topological polar surface area (TPSA) is 81.7 Å². The summed E-state index contributed by atoms with van der Waals surface area (Å²) in [6, 6.07) is 2.05.